The molecule has 0 aliphatic carbocycles. The largest absolute Gasteiger partial charge is 0.493 e. The van der Waals surface area contributed by atoms with Crippen LogP contribution in [0.1, 0.15) is 18.4 Å². The molecule has 1 aromatic rings. The van der Waals surface area contributed by atoms with Gasteiger partial charge in [0, 0.05) is 33.9 Å². The van der Waals surface area contributed by atoms with Gasteiger partial charge in [0.25, 0.3) is 0 Å². The molecule has 0 radical (unpaired) electrons. The van der Waals surface area contributed by atoms with Gasteiger partial charge in [-0.25, -0.2) is 0 Å². The Kier molecular flexibility index (Phi) is 9.61. The van der Waals surface area contributed by atoms with Crippen LogP contribution in [0.3, 0.4) is 0 Å². The molecule has 0 aliphatic rings. The van der Waals surface area contributed by atoms with Crippen molar-refractivity contribution in [3.63, 3.8) is 0 Å². The van der Waals surface area contributed by atoms with Gasteiger partial charge >= 0.3 is 0 Å². The predicted molar refractivity (Wildman–Crippen MR) is 83.2 cm³/mol. The van der Waals surface area contributed by atoms with E-state index in [0.29, 0.717) is 13.2 Å². The van der Waals surface area contributed by atoms with Gasteiger partial charge in [-0.15, -0.1) is 0 Å². The topological polar surface area (TPSA) is 49.0 Å². The Balaban J connectivity index is 2.42. The minimum atomic E-state index is 0.672. The molecule has 0 bridgehead atoms. The first kappa shape index (κ1) is 17.8. The molecule has 1 aromatic carbocycles. The van der Waals surface area contributed by atoms with Gasteiger partial charge in [-0.05, 0) is 30.5 Å². The summed E-state index contributed by atoms with van der Waals surface area (Å²) >= 11 is 0. The monoisotopic (exact) mass is 297 g/mol. The van der Waals surface area contributed by atoms with Gasteiger partial charge in [-0.1, -0.05) is 6.07 Å². The highest BCUT2D eigenvalue weighted by Gasteiger charge is 2.05. The molecule has 0 atom stereocenters. The van der Waals surface area contributed by atoms with Crippen LogP contribution in [-0.2, 0) is 16.0 Å². The Morgan fingerprint density at radius 2 is 1.67 bits per heavy atom. The lowest BCUT2D eigenvalue weighted by Crippen LogP contribution is -2.18. The number of rotatable bonds is 12. The smallest absolute Gasteiger partial charge is 0.161 e. The minimum absolute atomic E-state index is 0.672. The highest BCUT2D eigenvalue weighted by Crippen LogP contribution is 2.28. The Labute approximate surface area is 127 Å². The lowest BCUT2D eigenvalue weighted by atomic mass is 10.2. The van der Waals surface area contributed by atoms with Crippen molar-refractivity contribution >= 4 is 0 Å². The molecule has 5 nitrogen and oxygen atoms in total. The summed E-state index contributed by atoms with van der Waals surface area (Å²) in [4.78, 5) is 0. The van der Waals surface area contributed by atoms with Gasteiger partial charge in [-0.3, -0.25) is 0 Å². The number of nitrogens with one attached hydrogen (secondary N) is 1. The molecule has 0 unspecified atom stereocenters. The summed E-state index contributed by atoms with van der Waals surface area (Å²) in [7, 11) is 5.07. The second-order valence-electron chi connectivity index (χ2n) is 4.70. The van der Waals surface area contributed by atoms with Gasteiger partial charge < -0.3 is 24.3 Å². The van der Waals surface area contributed by atoms with Gasteiger partial charge in [-0.2, -0.15) is 0 Å². The molecule has 0 saturated heterocycles. The van der Waals surface area contributed by atoms with E-state index in [1.54, 1.807) is 21.3 Å². The standard InChI is InChI=1S/C16H27NO4/c1-18-9-4-5-10-21-15-7-6-14(12-16(15)20-3)13-17-8-11-19-2/h6-7,12,17H,4-5,8-11,13H2,1-3H3. The molecular formula is C16H27NO4. The lowest BCUT2D eigenvalue weighted by molar-refractivity contribution is 0.183. The van der Waals surface area contributed by atoms with Gasteiger partial charge in [0.05, 0.1) is 20.3 Å². The Morgan fingerprint density at radius 1 is 0.905 bits per heavy atom. The minimum Gasteiger partial charge on any atom is -0.493 e. The number of ether oxygens (including phenoxy) is 4. The van der Waals surface area contributed by atoms with E-state index in [-0.39, 0.29) is 0 Å². The summed E-state index contributed by atoms with van der Waals surface area (Å²) in [6.07, 6.45) is 1.97. The summed E-state index contributed by atoms with van der Waals surface area (Å²) in [6, 6.07) is 6.01. The lowest BCUT2D eigenvalue weighted by Gasteiger charge is -2.12. The number of unbranched alkanes of at least 4 members (excludes halogenated alkanes) is 1. The van der Waals surface area contributed by atoms with E-state index in [1.807, 2.05) is 18.2 Å². The van der Waals surface area contributed by atoms with Crippen LogP contribution in [-0.4, -0.2) is 47.7 Å². The van der Waals surface area contributed by atoms with Crippen molar-refractivity contribution in [2.45, 2.75) is 19.4 Å². The maximum atomic E-state index is 5.75. The van der Waals surface area contributed by atoms with Crippen LogP contribution in [0, 0.1) is 0 Å². The number of hydrogen-bond donors (Lipinski definition) is 1. The number of methoxy groups -OCH3 is 3. The third-order valence-corrected chi connectivity index (χ3v) is 3.04. The zero-order valence-corrected chi connectivity index (χ0v) is 13.3. The molecular weight excluding hydrogens is 270 g/mol. The first-order valence-electron chi connectivity index (χ1n) is 7.30. The maximum absolute atomic E-state index is 5.75. The quantitative estimate of drug-likeness (QED) is 0.600. The third-order valence-electron chi connectivity index (χ3n) is 3.04. The second kappa shape index (κ2) is 11.4. The fourth-order valence-electron chi connectivity index (χ4n) is 1.88. The maximum Gasteiger partial charge on any atom is 0.161 e. The van der Waals surface area contributed by atoms with Gasteiger partial charge in [0.2, 0.25) is 0 Å². The second-order valence-corrected chi connectivity index (χ2v) is 4.70. The number of benzene rings is 1. The van der Waals surface area contributed by atoms with E-state index < -0.39 is 0 Å². The molecule has 0 spiro atoms. The van der Waals surface area contributed by atoms with Crippen molar-refractivity contribution in [1.29, 1.82) is 0 Å². The van der Waals surface area contributed by atoms with Crippen LogP contribution in [0.4, 0.5) is 0 Å². The summed E-state index contributed by atoms with van der Waals surface area (Å²) in [5, 5.41) is 3.30. The molecule has 0 aromatic heterocycles. The summed E-state index contributed by atoms with van der Waals surface area (Å²) in [5.41, 5.74) is 1.16. The van der Waals surface area contributed by atoms with E-state index in [2.05, 4.69) is 5.32 Å². The normalized spacial score (nSPS) is 10.6. The molecule has 21 heavy (non-hydrogen) atoms. The van der Waals surface area contributed by atoms with Crippen molar-refractivity contribution in [3.05, 3.63) is 23.8 Å². The Morgan fingerprint density at radius 3 is 2.38 bits per heavy atom. The van der Waals surface area contributed by atoms with Crippen molar-refractivity contribution in [2.24, 2.45) is 0 Å². The van der Waals surface area contributed by atoms with E-state index in [1.165, 1.54) is 0 Å². The SMILES string of the molecule is COCCCCOc1ccc(CNCCOC)cc1OC. The zero-order chi connectivity index (χ0) is 15.3. The van der Waals surface area contributed by atoms with Crippen molar-refractivity contribution in [1.82, 2.24) is 5.32 Å². The van der Waals surface area contributed by atoms with E-state index in [0.717, 1.165) is 49.6 Å². The van der Waals surface area contributed by atoms with Crippen LogP contribution in [0.2, 0.25) is 0 Å². The van der Waals surface area contributed by atoms with Crippen LogP contribution >= 0.6 is 0 Å². The third kappa shape index (κ3) is 7.32. The van der Waals surface area contributed by atoms with Crippen molar-refractivity contribution in [3.8, 4) is 11.5 Å². The first-order valence-corrected chi connectivity index (χ1v) is 7.30. The van der Waals surface area contributed by atoms with Crippen LogP contribution in [0.5, 0.6) is 11.5 Å². The molecule has 0 aliphatic heterocycles. The summed E-state index contributed by atoms with van der Waals surface area (Å²) < 4.78 is 21.2. The van der Waals surface area contributed by atoms with E-state index >= 15 is 0 Å². The van der Waals surface area contributed by atoms with Crippen LogP contribution < -0.4 is 14.8 Å². The van der Waals surface area contributed by atoms with Crippen LogP contribution in [0.25, 0.3) is 0 Å². The fraction of sp³-hybridized carbons (Fsp3) is 0.625. The first-order chi connectivity index (χ1) is 10.3. The summed E-state index contributed by atoms with van der Waals surface area (Å²) in [6.45, 7) is 3.77. The Bertz CT molecular complexity index is 385. The summed E-state index contributed by atoms with van der Waals surface area (Å²) in [5.74, 6) is 1.56. The van der Waals surface area contributed by atoms with Crippen molar-refractivity contribution in [2.75, 3.05) is 47.7 Å². The Hall–Kier alpha value is -1.30. The van der Waals surface area contributed by atoms with Crippen molar-refractivity contribution < 1.29 is 18.9 Å². The van der Waals surface area contributed by atoms with Crippen LogP contribution in [0.15, 0.2) is 18.2 Å². The molecule has 0 heterocycles. The van der Waals surface area contributed by atoms with Gasteiger partial charge in [0.1, 0.15) is 0 Å². The predicted octanol–water partition coefficient (Wildman–Crippen LogP) is 2.24. The molecule has 0 saturated carbocycles. The highest BCUT2D eigenvalue weighted by molar-refractivity contribution is 5.42. The number of hydrogen-bond acceptors (Lipinski definition) is 5. The molecule has 0 amide bonds. The average molecular weight is 297 g/mol. The molecule has 0 fully saturated rings. The van der Waals surface area contributed by atoms with E-state index in [9.17, 15) is 0 Å². The zero-order valence-electron chi connectivity index (χ0n) is 13.3. The molecule has 1 N–H and O–H groups in total. The highest BCUT2D eigenvalue weighted by atomic mass is 16.5. The molecule has 5 heteroatoms. The van der Waals surface area contributed by atoms with Gasteiger partial charge in [0.15, 0.2) is 11.5 Å². The molecule has 1 rings (SSSR count). The van der Waals surface area contributed by atoms with E-state index in [4.69, 9.17) is 18.9 Å². The average Bonchev–Trinajstić information content (AvgIpc) is 2.52. The molecule has 120 valence electrons. The fourth-order valence-corrected chi connectivity index (χ4v) is 1.88.